The van der Waals surface area contributed by atoms with E-state index in [1.54, 1.807) is 4.68 Å². The average molecular weight is 401 g/mol. The molecule has 0 radical (unpaired) electrons. The molecule has 0 fully saturated rings. The van der Waals surface area contributed by atoms with E-state index in [2.05, 4.69) is 98.8 Å². The van der Waals surface area contributed by atoms with Gasteiger partial charge in [0.25, 0.3) is 0 Å². The second-order valence-corrected chi connectivity index (χ2v) is 12.9. The number of rotatable bonds is 4. The van der Waals surface area contributed by atoms with Crippen LogP contribution in [0.2, 0.25) is 5.04 Å². The van der Waals surface area contributed by atoms with Crippen LogP contribution in [0.4, 0.5) is 0 Å². The summed E-state index contributed by atoms with van der Waals surface area (Å²) in [5, 5.41) is 19.5. The zero-order chi connectivity index (χ0) is 20.5. The second kappa shape index (κ2) is 7.33. The first-order chi connectivity index (χ1) is 13.9. The smallest absolute Gasteiger partial charge is 0.239 e. The van der Waals surface area contributed by atoms with Crippen molar-refractivity contribution in [1.29, 1.82) is 0 Å². The summed E-state index contributed by atoms with van der Waals surface area (Å²) in [6.07, 6.45) is 1.40. The lowest BCUT2D eigenvalue weighted by Crippen LogP contribution is -2.73. The summed E-state index contributed by atoms with van der Waals surface area (Å²) in [6, 6.07) is 29.7. The fourth-order valence-electron chi connectivity index (χ4n) is 4.46. The van der Waals surface area contributed by atoms with Gasteiger partial charge in [-0.1, -0.05) is 99.6 Å². The van der Waals surface area contributed by atoms with E-state index in [-0.39, 0.29) is 5.04 Å². The Morgan fingerprint density at radius 1 is 0.793 bits per heavy atom. The molecule has 0 bridgehead atoms. The zero-order valence-corrected chi connectivity index (χ0v) is 17.9. The summed E-state index contributed by atoms with van der Waals surface area (Å²) in [5.74, 6) is -0.456. The summed E-state index contributed by atoms with van der Waals surface area (Å²) in [4.78, 5) is 0. The SMILES string of the molecule is CC(C)(C)[Si](c1ccccc1)(c1ccccc1)c1ccccc1-[n+]1cc([O-])on1. The van der Waals surface area contributed by atoms with Crippen molar-refractivity contribution in [2.24, 2.45) is 0 Å². The van der Waals surface area contributed by atoms with Crippen LogP contribution in [0.1, 0.15) is 20.8 Å². The maximum Gasteiger partial charge on any atom is 0.239 e. The first-order valence-corrected chi connectivity index (χ1v) is 11.7. The monoisotopic (exact) mass is 400 g/mol. The van der Waals surface area contributed by atoms with Crippen molar-refractivity contribution in [2.45, 2.75) is 25.8 Å². The molecule has 4 aromatic rings. The van der Waals surface area contributed by atoms with E-state index in [9.17, 15) is 5.11 Å². The molecule has 4 nitrogen and oxygen atoms in total. The van der Waals surface area contributed by atoms with Crippen molar-refractivity contribution < 1.29 is 14.3 Å². The molecular weight excluding hydrogens is 376 g/mol. The van der Waals surface area contributed by atoms with E-state index in [0.717, 1.165) is 5.69 Å². The second-order valence-electron chi connectivity index (χ2n) is 8.21. The van der Waals surface area contributed by atoms with Gasteiger partial charge in [0, 0.05) is 11.3 Å². The fourth-order valence-corrected chi connectivity index (χ4v) is 10.3. The van der Waals surface area contributed by atoms with E-state index in [4.69, 9.17) is 4.52 Å². The molecule has 1 aromatic heterocycles. The molecule has 4 rings (SSSR count). The molecule has 146 valence electrons. The Hall–Kier alpha value is -3.18. The maximum atomic E-state index is 11.7. The number of aromatic nitrogens is 2. The van der Waals surface area contributed by atoms with Crippen LogP contribution in [0.5, 0.6) is 5.95 Å². The summed E-state index contributed by atoms with van der Waals surface area (Å²) in [6.45, 7) is 6.92. The number of hydrogen-bond acceptors (Lipinski definition) is 3. The highest BCUT2D eigenvalue weighted by atomic mass is 28.3. The molecule has 0 aliphatic carbocycles. The molecule has 0 amide bonds. The maximum absolute atomic E-state index is 11.7. The van der Waals surface area contributed by atoms with Gasteiger partial charge in [0.2, 0.25) is 11.9 Å². The number of nitrogens with zero attached hydrogens (tertiary/aromatic N) is 2. The summed E-state index contributed by atoms with van der Waals surface area (Å²) >= 11 is 0. The highest BCUT2D eigenvalue weighted by Gasteiger charge is 2.51. The number of benzene rings is 3. The minimum atomic E-state index is -2.55. The van der Waals surface area contributed by atoms with Gasteiger partial charge in [-0.2, -0.15) is 0 Å². The van der Waals surface area contributed by atoms with Gasteiger partial charge in [-0.05, 0) is 20.1 Å². The predicted octanol–water partition coefficient (Wildman–Crippen LogP) is 2.30. The van der Waals surface area contributed by atoms with E-state index in [0.29, 0.717) is 0 Å². The van der Waals surface area contributed by atoms with Crippen LogP contribution >= 0.6 is 0 Å². The lowest BCUT2D eigenvalue weighted by atomic mass is 10.2. The minimum absolute atomic E-state index is 0.0591. The van der Waals surface area contributed by atoms with Gasteiger partial charge in [-0.25, -0.2) is 0 Å². The lowest BCUT2D eigenvalue weighted by Gasteiger charge is -2.44. The van der Waals surface area contributed by atoms with E-state index >= 15 is 0 Å². The molecule has 0 saturated heterocycles. The van der Waals surface area contributed by atoms with E-state index < -0.39 is 14.0 Å². The summed E-state index contributed by atoms with van der Waals surface area (Å²) < 4.78 is 6.42. The highest BCUT2D eigenvalue weighted by molar-refractivity contribution is 7.13. The van der Waals surface area contributed by atoms with Crippen LogP contribution in [0.3, 0.4) is 0 Å². The third-order valence-electron chi connectivity index (χ3n) is 5.54. The molecule has 0 N–H and O–H groups in total. The molecule has 0 saturated carbocycles. The Labute approximate surface area is 172 Å². The number of para-hydroxylation sites is 1. The van der Waals surface area contributed by atoms with Gasteiger partial charge in [0.05, 0.1) is 5.27 Å². The average Bonchev–Trinajstić information content (AvgIpc) is 3.16. The predicted molar refractivity (Wildman–Crippen MR) is 115 cm³/mol. The van der Waals surface area contributed by atoms with Crippen molar-refractivity contribution in [2.75, 3.05) is 0 Å². The molecule has 0 aliphatic rings. The minimum Gasteiger partial charge on any atom is -0.539 e. The van der Waals surface area contributed by atoms with Crippen molar-refractivity contribution in [3.8, 4) is 11.6 Å². The fraction of sp³-hybridized carbons (Fsp3) is 0.167. The van der Waals surface area contributed by atoms with Gasteiger partial charge in [0.15, 0.2) is 8.07 Å². The van der Waals surface area contributed by atoms with Crippen LogP contribution in [0.25, 0.3) is 5.69 Å². The van der Waals surface area contributed by atoms with Gasteiger partial charge in [0.1, 0.15) is 5.95 Å². The third-order valence-corrected chi connectivity index (χ3v) is 11.4. The van der Waals surface area contributed by atoms with Crippen LogP contribution in [0, 0.1) is 0 Å². The van der Waals surface area contributed by atoms with Gasteiger partial charge in [-0.3, -0.25) is 0 Å². The molecule has 0 aliphatic heterocycles. The molecule has 5 heteroatoms. The molecule has 0 atom stereocenters. The Balaban J connectivity index is 2.14. The Morgan fingerprint density at radius 2 is 1.31 bits per heavy atom. The van der Waals surface area contributed by atoms with E-state index in [1.807, 2.05) is 12.1 Å². The topological polar surface area (TPSA) is 53.0 Å². The zero-order valence-electron chi connectivity index (χ0n) is 16.9. The van der Waals surface area contributed by atoms with E-state index in [1.165, 1.54) is 21.8 Å². The molecule has 0 spiro atoms. The highest BCUT2D eigenvalue weighted by Crippen LogP contribution is 2.36. The first kappa shape index (κ1) is 19.1. The molecule has 1 heterocycles. The third kappa shape index (κ3) is 3.17. The molecule has 0 unspecified atom stereocenters. The van der Waals surface area contributed by atoms with Crippen LogP contribution in [-0.4, -0.2) is 13.3 Å². The van der Waals surface area contributed by atoms with Gasteiger partial charge < -0.3 is 9.63 Å². The van der Waals surface area contributed by atoms with Crippen LogP contribution < -0.4 is 25.3 Å². The standard InChI is InChI=1S/C24H24N2O2Si/c1-24(2,3)29(19-12-6-4-7-13-19,20-14-8-5-9-15-20)22-17-11-10-16-21(22)26-18-23(27)28-25-26/h4-18H,1-3H3. The molecular formula is C24H24N2O2Si. The Bertz CT molecular complexity index is 1060. The quantitative estimate of drug-likeness (QED) is 0.300. The van der Waals surface area contributed by atoms with Crippen molar-refractivity contribution in [1.82, 2.24) is 5.27 Å². The van der Waals surface area contributed by atoms with Gasteiger partial charge in [-0.15, -0.1) is 0 Å². The largest absolute Gasteiger partial charge is 0.539 e. The van der Waals surface area contributed by atoms with Gasteiger partial charge >= 0.3 is 0 Å². The summed E-state index contributed by atoms with van der Waals surface area (Å²) in [7, 11) is -2.55. The normalized spacial score (nSPS) is 12.1. The lowest BCUT2D eigenvalue weighted by molar-refractivity contribution is -0.669. The van der Waals surface area contributed by atoms with Crippen LogP contribution in [-0.2, 0) is 0 Å². The Morgan fingerprint density at radius 3 is 1.79 bits per heavy atom. The number of hydrogen-bond donors (Lipinski definition) is 0. The van der Waals surface area contributed by atoms with Crippen molar-refractivity contribution in [3.05, 3.63) is 91.1 Å². The Kier molecular flexibility index (Phi) is 4.84. The summed E-state index contributed by atoms with van der Waals surface area (Å²) in [5.41, 5.74) is 0.882. The molecule has 29 heavy (non-hydrogen) atoms. The molecule has 3 aromatic carbocycles. The van der Waals surface area contributed by atoms with Crippen LogP contribution in [0.15, 0.2) is 95.6 Å². The van der Waals surface area contributed by atoms with Crippen molar-refractivity contribution >= 4 is 23.6 Å². The first-order valence-electron chi connectivity index (χ1n) is 9.71. The van der Waals surface area contributed by atoms with Crippen molar-refractivity contribution in [3.63, 3.8) is 0 Å².